The Hall–Kier alpha value is -4.73. The van der Waals surface area contributed by atoms with Gasteiger partial charge in [0.2, 0.25) is 23.6 Å². The smallest absolute Gasteiger partial charge is 0.249 e. The zero-order valence-corrected chi connectivity index (χ0v) is 58.6. The number of benzene rings is 3. The van der Waals surface area contributed by atoms with Crippen LogP contribution in [0.1, 0.15) is 261 Å². The van der Waals surface area contributed by atoms with Crippen LogP contribution in [0, 0.1) is 22.1 Å². The molecule has 3 aromatic carbocycles. The van der Waals surface area contributed by atoms with E-state index in [1.807, 2.05) is 17.9 Å². The first kappa shape index (κ1) is 72.1. The number of ether oxygens (including phenoxy) is 1. The summed E-state index contributed by atoms with van der Waals surface area (Å²) in [5.74, 6) is -0.00217. The summed E-state index contributed by atoms with van der Waals surface area (Å²) < 4.78 is 19.8. The van der Waals surface area contributed by atoms with E-state index in [-0.39, 0.29) is 81.1 Å². The van der Waals surface area contributed by atoms with E-state index >= 15 is 0 Å². The van der Waals surface area contributed by atoms with E-state index in [0.717, 1.165) is 95.2 Å². The Balaban J connectivity index is 0.000000252. The van der Waals surface area contributed by atoms with Crippen molar-refractivity contribution in [1.82, 2.24) is 35.1 Å². The molecule has 14 heteroatoms. The minimum Gasteiger partial charge on any atom is -0.393 e. The number of likely N-dealkylation sites (tertiary alicyclic amines) is 4. The fourth-order valence-corrected chi connectivity index (χ4v) is 16.1. The summed E-state index contributed by atoms with van der Waals surface area (Å²) in [7, 11) is 0. The van der Waals surface area contributed by atoms with Gasteiger partial charge in [0.05, 0.1) is 30.7 Å². The maximum absolute atomic E-state index is 14.3. The maximum Gasteiger partial charge on any atom is 0.249 e. The number of nitrogens with one attached hydrogen (secondary N) is 2. The number of amides is 4. The van der Waals surface area contributed by atoms with Gasteiger partial charge in [0.25, 0.3) is 0 Å². The van der Waals surface area contributed by atoms with Gasteiger partial charge < -0.3 is 45.0 Å². The van der Waals surface area contributed by atoms with Gasteiger partial charge in [-0.25, -0.2) is 4.39 Å². The molecule has 0 radical (unpaired) electrons. The SMILES string of the molecule is CC(C)(C)CCN1CCC2(CC[C@H](NC(=O)CCN3CCCC3=O)c3ccc(F)cc32)CC1.CCOCC(=O)N(CC)[C@H]1CCC2(CCN(CCC(C)(C)C)CC2)c2ccccc21.C[C@@H](O)CC(=O)N[C@@H]1CCC2(CCN(CCC(C)(C)C)CC2)c2ccccc21.[HH].[HH].[HH]. The van der Waals surface area contributed by atoms with Gasteiger partial charge >= 0.3 is 0 Å². The number of carbonyl (C=O) groups excluding carboxylic acids is 4. The number of hydrogen-bond donors (Lipinski definition) is 3. The summed E-state index contributed by atoms with van der Waals surface area (Å²) >= 11 is 0. The lowest BCUT2D eigenvalue weighted by Crippen LogP contribution is -2.47. The van der Waals surface area contributed by atoms with E-state index < -0.39 is 6.10 Å². The maximum atomic E-state index is 14.3. The molecule has 3 aliphatic carbocycles. The van der Waals surface area contributed by atoms with E-state index in [4.69, 9.17) is 4.74 Å². The molecule has 13 nitrogen and oxygen atoms in total. The van der Waals surface area contributed by atoms with Crippen LogP contribution in [0.25, 0.3) is 0 Å². The molecule has 4 amide bonds. The van der Waals surface area contributed by atoms with Gasteiger partial charge in [0.1, 0.15) is 12.4 Å². The molecule has 512 valence electrons. The Kier molecular flexibility index (Phi) is 25.1. The topological polar surface area (TPSA) is 138 Å². The Bertz CT molecular complexity index is 2870. The molecule has 3 spiro atoms. The van der Waals surface area contributed by atoms with Crippen LogP contribution in [0.5, 0.6) is 0 Å². The third-order valence-electron chi connectivity index (χ3n) is 21.9. The second-order valence-electron chi connectivity index (χ2n) is 32.2. The van der Waals surface area contributed by atoms with Crippen molar-refractivity contribution < 1.29 is 37.7 Å². The second-order valence-corrected chi connectivity index (χ2v) is 32.2. The van der Waals surface area contributed by atoms with E-state index in [9.17, 15) is 28.7 Å². The van der Waals surface area contributed by atoms with Crippen LogP contribution in [-0.4, -0.2) is 151 Å². The number of hydrogen-bond acceptors (Lipinski definition) is 9. The number of rotatable bonds is 18. The van der Waals surface area contributed by atoms with Crippen molar-refractivity contribution in [3.8, 4) is 0 Å². The molecule has 10 rings (SSSR count). The lowest BCUT2D eigenvalue weighted by atomic mass is 9.63. The number of aliphatic hydroxyl groups excluding tert-OH is 1. The van der Waals surface area contributed by atoms with Crippen molar-refractivity contribution in [3.63, 3.8) is 0 Å². The van der Waals surface area contributed by atoms with E-state index in [1.165, 1.54) is 119 Å². The van der Waals surface area contributed by atoms with Crippen molar-refractivity contribution in [2.75, 3.05) is 91.8 Å². The van der Waals surface area contributed by atoms with Crippen LogP contribution in [-0.2, 0) is 40.2 Å². The largest absolute Gasteiger partial charge is 0.393 e. The minimum absolute atomic E-state index is 0. The summed E-state index contributed by atoms with van der Waals surface area (Å²) in [6.07, 6.45) is 18.3. The average molecular weight is 1260 g/mol. The third kappa shape index (κ3) is 19.7. The fraction of sp³-hybridized carbons (Fsp3) is 0.714. The molecular weight excluding hydrogens is 1140 g/mol. The predicted octanol–water partition coefficient (Wildman–Crippen LogP) is 14.7. The zero-order chi connectivity index (χ0) is 65.8. The quantitative estimate of drug-likeness (QED) is 0.114. The van der Waals surface area contributed by atoms with Gasteiger partial charge in [0.15, 0.2) is 0 Å². The highest BCUT2D eigenvalue weighted by Crippen LogP contribution is 2.52. The number of carbonyl (C=O) groups is 4. The number of piperidine rings is 3. The van der Waals surface area contributed by atoms with Crippen molar-refractivity contribution in [3.05, 3.63) is 106 Å². The van der Waals surface area contributed by atoms with Gasteiger partial charge in [-0.05, 0) is 260 Å². The molecule has 7 aliphatic rings. The number of fused-ring (bicyclic) bond motifs is 6. The molecular formula is C77H126FN7O6. The lowest BCUT2D eigenvalue weighted by Gasteiger charge is -2.49. The summed E-state index contributed by atoms with van der Waals surface area (Å²) in [5.41, 5.74) is 9.48. The molecule has 3 aromatic rings. The molecule has 0 saturated carbocycles. The summed E-state index contributed by atoms with van der Waals surface area (Å²) in [6.45, 7) is 39.6. The number of aliphatic hydroxyl groups is 1. The zero-order valence-electron chi connectivity index (χ0n) is 58.6. The molecule has 4 atom stereocenters. The second kappa shape index (κ2) is 31.7. The first-order valence-electron chi connectivity index (χ1n) is 35.7. The van der Waals surface area contributed by atoms with Crippen LogP contribution >= 0.6 is 0 Å². The highest BCUT2D eigenvalue weighted by atomic mass is 19.1. The number of halogens is 1. The van der Waals surface area contributed by atoms with Gasteiger partial charge in [-0.1, -0.05) is 117 Å². The van der Waals surface area contributed by atoms with Crippen molar-refractivity contribution in [2.45, 2.75) is 246 Å². The molecule has 0 unspecified atom stereocenters. The van der Waals surface area contributed by atoms with Crippen LogP contribution in [0.2, 0.25) is 0 Å². The van der Waals surface area contributed by atoms with E-state index in [2.05, 4.69) is 143 Å². The molecule has 4 aliphatic heterocycles. The van der Waals surface area contributed by atoms with Crippen LogP contribution < -0.4 is 10.6 Å². The first-order chi connectivity index (χ1) is 43.1. The molecule has 4 heterocycles. The van der Waals surface area contributed by atoms with Crippen LogP contribution in [0.15, 0.2) is 66.7 Å². The molecule has 3 N–H and O–H groups in total. The molecule has 0 aromatic heterocycles. The summed E-state index contributed by atoms with van der Waals surface area (Å²) in [5, 5.41) is 15.9. The minimum atomic E-state index is -0.595. The van der Waals surface area contributed by atoms with Crippen molar-refractivity contribution in [2.24, 2.45) is 16.2 Å². The third-order valence-corrected chi connectivity index (χ3v) is 21.9. The Morgan fingerprint density at radius 2 is 1.07 bits per heavy atom. The standard InChI is InChI=1S/C27H40FN3O2.C26H42N2O2.C24H38N2O2.3H2/c1-26(2,3)11-16-30-17-12-27(13-18-30)10-8-23(21-7-6-20(28)19-22(21)27)29-24(32)9-15-31-14-4-5-25(31)33;1-6-28(24(29)20-30-7-2)23-12-13-26(22-11-9-8-10-21(22)23)15-18-27(19-16-26)17-14-25(3,4)5;1-18(27)17-22(28)25-21-9-10-24(20-8-6-5-7-19(20)21)12-15-26(16-13-24)14-11-23(2,3)4;;;/h6-7,19,23H,4-5,8-18H2,1-3H3,(H,29,32);8-11,23H,6-7,12-20H2,1-5H3;5-8,18,21,27H,9-17H2,1-4H3,(H,25,28);3*1H/t2*23-;18-,21-;;;/m001.../s1. The van der Waals surface area contributed by atoms with E-state index in [0.29, 0.717) is 42.2 Å². The lowest BCUT2D eigenvalue weighted by molar-refractivity contribution is -0.139. The van der Waals surface area contributed by atoms with Gasteiger partial charge in [-0.2, -0.15) is 0 Å². The Morgan fingerprint density at radius 3 is 1.53 bits per heavy atom. The summed E-state index contributed by atoms with van der Waals surface area (Å²) in [6, 6.07) is 23.0. The molecule has 4 saturated heterocycles. The van der Waals surface area contributed by atoms with Crippen LogP contribution in [0.3, 0.4) is 0 Å². The van der Waals surface area contributed by atoms with Gasteiger partial charge in [-0.15, -0.1) is 0 Å². The molecule has 91 heavy (non-hydrogen) atoms. The number of likely N-dealkylation sites (N-methyl/N-ethyl adjacent to an activating group) is 1. The van der Waals surface area contributed by atoms with Crippen molar-refractivity contribution >= 4 is 23.6 Å². The predicted molar refractivity (Wildman–Crippen MR) is 373 cm³/mol. The fourth-order valence-electron chi connectivity index (χ4n) is 16.1. The normalized spacial score (nSPS) is 22.6. The summed E-state index contributed by atoms with van der Waals surface area (Å²) in [4.78, 5) is 61.2. The van der Waals surface area contributed by atoms with E-state index in [1.54, 1.807) is 17.9 Å². The Morgan fingerprint density at radius 1 is 0.615 bits per heavy atom. The highest BCUT2D eigenvalue weighted by Gasteiger charge is 2.46. The monoisotopic (exact) mass is 1260 g/mol. The first-order valence-corrected chi connectivity index (χ1v) is 35.7. The highest BCUT2D eigenvalue weighted by molar-refractivity contribution is 5.81. The van der Waals surface area contributed by atoms with Gasteiger partial charge in [0, 0.05) is 43.4 Å². The van der Waals surface area contributed by atoms with Crippen LogP contribution in [0.4, 0.5) is 4.39 Å². The number of nitrogens with zero attached hydrogens (tertiary/aromatic N) is 5. The average Bonchev–Trinajstić information content (AvgIpc) is 1.17. The molecule has 4 fully saturated rings. The van der Waals surface area contributed by atoms with Gasteiger partial charge in [-0.3, -0.25) is 19.2 Å². The van der Waals surface area contributed by atoms with Crippen molar-refractivity contribution in [1.29, 1.82) is 0 Å². The Labute approximate surface area is 553 Å². The molecule has 0 bridgehead atoms.